The standard InChI is InChI=1S/C17H13FN2O/c1-3-8-17(18)14-6-4-11(10-19)9-13(14)12-5-7-15(21-2)20-16(12)17/h3-7,9H,1,8H2,2H3. The van der Waals surface area contributed by atoms with Crippen LogP contribution in [0, 0.1) is 11.3 Å². The zero-order valence-corrected chi connectivity index (χ0v) is 11.6. The van der Waals surface area contributed by atoms with Crippen LogP contribution in [0.25, 0.3) is 11.1 Å². The van der Waals surface area contributed by atoms with Crippen LogP contribution in [0.5, 0.6) is 5.88 Å². The number of methoxy groups -OCH3 is 1. The minimum atomic E-state index is -1.73. The molecule has 1 atom stereocenters. The zero-order chi connectivity index (χ0) is 15.0. The second-order valence-electron chi connectivity index (χ2n) is 4.92. The molecule has 0 saturated heterocycles. The van der Waals surface area contributed by atoms with Gasteiger partial charge in [-0.15, -0.1) is 6.58 Å². The minimum Gasteiger partial charge on any atom is -0.481 e. The van der Waals surface area contributed by atoms with Crippen molar-refractivity contribution in [2.75, 3.05) is 7.11 Å². The Kier molecular flexibility index (Phi) is 2.99. The Morgan fingerprint density at radius 2 is 2.19 bits per heavy atom. The van der Waals surface area contributed by atoms with Crippen molar-refractivity contribution in [1.82, 2.24) is 4.98 Å². The average molecular weight is 280 g/mol. The number of fused-ring (bicyclic) bond motifs is 3. The second kappa shape index (κ2) is 4.71. The molecule has 1 aliphatic rings. The number of alkyl halides is 1. The molecule has 0 amide bonds. The van der Waals surface area contributed by atoms with E-state index in [0.29, 0.717) is 33.8 Å². The van der Waals surface area contributed by atoms with Gasteiger partial charge >= 0.3 is 0 Å². The molecule has 1 unspecified atom stereocenters. The number of ether oxygens (including phenoxy) is 1. The van der Waals surface area contributed by atoms with Gasteiger partial charge in [0.1, 0.15) is 0 Å². The van der Waals surface area contributed by atoms with Gasteiger partial charge in [-0.1, -0.05) is 12.1 Å². The highest BCUT2D eigenvalue weighted by Crippen LogP contribution is 2.51. The van der Waals surface area contributed by atoms with Gasteiger partial charge in [-0.3, -0.25) is 0 Å². The van der Waals surface area contributed by atoms with Crippen molar-refractivity contribution in [2.24, 2.45) is 0 Å². The number of allylic oxidation sites excluding steroid dienone is 1. The van der Waals surface area contributed by atoms with Crippen LogP contribution in [0.2, 0.25) is 0 Å². The fourth-order valence-corrected chi connectivity index (χ4v) is 2.79. The Bertz CT molecular complexity index is 779. The number of nitriles is 1. The molecule has 0 fully saturated rings. The van der Waals surface area contributed by atoms with Gasteiger partial charge in [-0.25, -0.2) is 9.37 Å². The lowest BCUT2D eigenvalue weighted by Gasteiger charge is -2.20. The molecule has 0 spiro atoms. The summed E-state index contributed by atoms with van der Waals surface area (Å²) in [5.74, 6) is 0.369. The van der Waals surface area contributed by atoms with Crippen LogP contribution in [-0.2, 0) is 5.67 Å². The lowest BCUT2D eigenvalue weighted by molar-refractivity contribution is 0.224. The highest BCUT2D eigenvalue weighted by molar-refractivity contribution is 5.80. The molecule has 3 rings (SSSR count). The molecule has 0 aliphatic heterocycles. The van der Waals surface area contributed by atoms with E-state index in [0.717, 1.165) is 0 Å². The second-order valence-corrected chi connectivity index (χ2v) is 4.92. The molecule has 4 heteroatoms. The summed E-state index contributed by atoms with van der Waals surface area (Å²) >= 11 is 0. The van der Waals surface area contributed by atoms with Crippen molar-refractivity contribution in [1.29, 1.82) is 5.26 Å². The number of hydrogen-bond donors (Lipinski definition) is 0. The smallest absolute Gasteiger partial charge is 0.213 e. The first kappa shape index (κ1) is 13.3. The van der Waals surface area contributed by atoms with Crippen LogP contribution in [0.15, 0.2) is 43.0 Å². The summed E-state index contributed by atoms with van der Waals surface area (Å²) in [6.45, 7) is 3.64. The lowest BCUT2D eigenvalue weighted by atomic mass is 9.92. The Labute approximate surface area is 122 Å². The number of aromatic nitrogens is 1. The van der Waals surface area contributed by atoms with E-state index in [-0.39, 0.29) is 6.42 Å². The van der Waals surface area contributed by atoms with E-state index < -0.39 is 5.67 Å². The molecule has 1 heterocycles. The average Bonchev–Trinajstić information content (AvgIpc) is 2.76. The van der Waals surface area contributed by atoms with Crippen LogP contribution in [-0.4, -0.2) is 12.1 Å². The molecule has 104 valence electrons. The maximum Gasteiger partial charge on any atom is 0.213 e. The first-order chi connectivity index (χ1) is 10.1. The van der Waals surface area contributed by atoms with Crippen LogP contribution in [0.4, 0.5) is 4.39 Å². The fourth-order valence-electron chi connectivity index (χ4n) is 2.79. The van der Waals surface area contributed by atoms with E-state index in [9.17, 15) is 0 Å². The van der Waals surface area contributed by atoms with E-state index in [1.54, 1.807) is 30.3 Å². The minimum absolute atomic E-state index is 0.124. The molecule has 0 radical (unpaired) electrons. The lowest BCUT2D eigenvalue weighted by Crippen LogP contribution is -2.19. The van der Waals surface area contributed by atoms with Crippen molar-refractivity contribution in [3.8, 4) is 23.1 Å². The monoisotopic (exact) mass is 280 g/mol. The topological polar surface area (TPSA) is 45.9 Å². The van der Waals surface area contributed by atoms with Crippen molar-refractivity contribution in [3.63, 3.8) is 0 Å². The zero-order valence-electron chi connectivity index (χ0n) is 11.6. The molecule has 3 nitrogen and oxygen atoms in total. The summed E-state index contributed by atoms with van der Waals surface area (Å²) in [4.78, 5) is 4.29. The Morgan fingerprint density at radius 1 is 1.38 bits per heavy atom. The Hall–Kier alpha value is -2.67. The van der Waals surface area contributed by atoms with Crippen LogP contribution >= 0.6 is 0 Å². The van der Waals surface area contributed by atoms with Crippen molar-refractivity contribution in [3.05, 3.63) is 59.8 Å². The van der Waals surface area contributed by atoms with E-state index in [2.05, 4.69) is 17.6 Å². The van der Waals surface area contributed by atoms with Gasteiger partial charge in [0.2, 0.25) is 5.88 Å². The normalized spacial score (nSPS) is 18.5. The third kappa shape index (κ3) is 1.82. The van der Waals surface area contributed by atoms with Gasteiger partial charge in [0.25, 0.3) is 0 Å². The fraction of sp³-hybridized carbons (Fsp3) is 0.176. The number of hydrogen-bond acceptors (Lipinski definition) is 3. The molecule has 0 N–H and O–H groups in total. The predicted molar refractivity (Wildman–Crippen MR) is 77.6 cm³/mol. The summed E-state index contributed by atoms with van der Waals surface area (Å²) in [6, 6.07) is 10.5. The number of pyridine rings is 1. The molecule has 1 aromatic carbocycles. The third-order valence-electron chi connectivity index (χ3n) is 3.75. The summed E-state index contributed by atoms with van der Waals surface area (Å²) in [5, 5.41) is 9.04. The van der Waals surface area contributed by atoms with E-state index in [1.807, 2.05) is 0 Å². The number of rotatable bonds is 3. The number of halogens is 1. The van der Waals surface area contributed by atoms with Gasteiger partial charge in [0.15, 0.2) is 5.67 Å². The maximum atomic E-state index is 15.6. The van der Waals surface area contributed by atoms with Crippen LogP contribution in [0.3, 0.4) is 0 Å². The molecular weight excluding hydrogens is 267 g/mol. The maximum absolute atomic E-state index is 15.6. The Morgan fingerprint density at radius 3 is 2.86 bits per heavy atom. The number of nitrogens with zero attached hydrogens (tertiary/aromatic N) is 2. The van der Waals surface area contributed by atoms with Crippen molar-refractivity contribution in [2.45, 2.75) is 12.1 Å². The third-order valence-corrected chi connectivity index (χ3v) is 3.75. The SMILES string of the molecule is C=CCC1(F)c2ccc(C#N)cc2-c2ccc(OC)nc21. The molecule has 2 aromatic rings. The Balaban J connectivity index is 2.31. The van der Waals surface area contributed by atoms with Crippen LogP contribution < -0.4 is 4.74 Å². The van der Waals surface area contributed by atoms with Crippen LogP contribution in [0.1, 0.15) is 23.2 Å². The quantitative estimate of drug-likeness (QED) is 0.805. The van der Waals surface area contributed by atoms with Crippen molar-refractivity contribution < 1.29 is 9.13 Å². The summed E-state index contributed by atoms with van der Waals surface area (Å²) < 4.78 is 20.7. The van der Waals surface area contributed by atoms with E-state index in [1.165, 1.54) is 13.2 Å². The predicted octanol–water partition coefficient (Wildman–Crippen LogP) is 3.73. The van der Waals surface area contributed by atoms with Gasteiger partial charge < -0.3 is 4.74 Å². The molecule has 0 bridgehead atoms. The highest BCUT2D eigenvalue weighted by Gasteiger charge is 2.44. The van der Waals surface area contributed by atoms with Gasteiger partial charge in [0, 0.05) is 23.6 Å². The largest absolute Gasteiger partial charge is 0.481 e. The summed E-state index contributed by atoms with van der Waals surface area (Å²) in [5.41, 5.74) is 1.03. The van der Waals surface area contributed by atoms with Gasteiger partial charge in [0.05, 0.1) is 24.4 Å². The first-order valence-corrected chi connectivity index (χ1v) is 6.54. The van der Waals surface area contributed by atoms with E-state index >= 15 is 4.39 Å². The molecule has 1 aliphatic carbocycles. The van der Waals surface area contributed by atoms with E-state index in [4.69, 9.17) is 10.00 Å². The molecular formula is C17H13FN2O. The summed E-state index contributed by atoms with van der Waals surface area (Å²) in [7, 11) is 1.50. The highest BCUT2D eigenvalue weighted by atomic mass is 19.1. The molecule has 21 heavy (non-hydrogen) atoms. The number of benzene rings is 1. The molecule has 0 saturated carbocycles. The summed E-state index contributed by atoms with van der Waals surface area (Å²) in [6.07, 6.45) is 1.66. The first-order valence-electron chi connectivity index (χ1n) is 6.54. The molecule has 1 aromatic heterocycles. The van der Waals surface area contributed by atoms with Gasteiger partial charge in [-0.05, 0) is 23.8 Å². The van der Waals surface area contributed by atoms with Crippen molar-refractivity contribution >= 4 is 0 Å². The van der Waals surface area contributed by atoms with Gasteiger partial charge in [-0.2, -0.15) is 5.26 Å².